The zero-order valence-electron chi connectivity index (χ0n) is 19.5. The molecule has 2 aromatic heterocycles. The summed E-state index contributed by atoms with van der Waals surface area (Å²) in [7, 11) is 3.41. The van der Waals surface area contributed by atoms with Gasteiger partial charge in [0.05, 0.1) is 19.4 Å². The molecule has 2 N–H and O–H groups in total. The van der Waals surface area contributed by atoms with Crippen LogP contribution in [0.1, 0.15) is 54.5 Å². The van der Waals surface area contributed by atoms with E-state index in [1.54, 1.807) is 37.1 Å². The topological polar surface area (TPSA) is 103 Å². The van der Waals surface area contributed by atoms with Crippen molar-refractivity contribution < 1.29 is 14.3 Å². The van der Waals surface area contributed by atoms with Gasteiger partial charge in [-0.1, -0.05) is 37.1 Å². The normalized spacial score (nSPS) is 14.1. The van der Waals surface area contributed by atoms with Crippen molar-refractivity contribution in [1.82, 2.24) is 24.6 Å². The second-order valence-corrected chi connectivity index (χ2v) is 9.26. The lowest BCUT2D eigenvalue weighted by Gasteiger charge is -2.25. The predicted molar refractivity (Wildman–Crippen MR) is 131 cm³/mol. The third-order valence-electron chi connectivity index (χ3n) is 5.96. The number of hydrogen-bond donors (Lipinski definition) is 2. The summed E-state index contributed by atoms with van der Waals surface area (Å²) in [4.78, 5) is 24.8. The van der Waals surface area contributed by atoms with Crippen LogP contribution in [0.3, 0.4) is 0 Å². The van der Waals surface area contributed by atoms with Crippen LogP contribution in [0.4, 0.5) is 5.69 Å². The molecule has 1 aliphatic carbocycles. The summed E-state index contributed by atoms with van der Waals surface area (Å²) in [5.74, 6) is 0.938. The van der Waals surface area contributed by atoms with E-state index in [9.17, 15) is 9.59 Å². The molecule has 1 aromatic carbocycles. The maximum atomic E-state index is 12.5. The van der Waals surface area contributed by atoms with Crippen LogP contribution in [-0.4, -0.2) is 44.0 Å². The number of aryl methyl sites for hydroxylation is 1. The Bertz CT molecular complexity index is 1140. The monoisotopic (exact) mass is 482 g/mol. The van der Waals surface area contributed by atoms with Gasteiger partial charge in [0.1, 0.15) is 11.4 Å². The van der Waals surface area contributed by atoms with E-state index in [2.05, 4.69) is 25.4 Å². The lowest BCUT2D eigenvalue weighted by molar-refractivity contribution is -0.117. The number of methoxy groups -OCH3 is 1. The van der Waals surface area contributed by atoms with Crippen molar-refractivity contribution in [3.63, 3.8) is 0 Å². The van der Waals surface area contributed by atoms with Crippen LogP contribution in [0.15, 0.2) is 47.8 Å². The van der Waals surface area contributed by atoms with Gasteiger partial charge >= 0.3 is 0 Å². The van der Waals surface area contributed by atoms with Gasteiger partial charge in [-0.05, 0) is 37.1 Å². The highest BCUT2D eigenvalue weighted by Crippen LogP contribution is 2.33. The van der Waals surface area contributed by atoms with Gasteiger partial charge in [-0.2, -0.15) is 0 Å². The average Bonchev–Trinajstić information content (AvgIpc) is 3.48. The molecule has 0 bridgehead atoms. The lowest BCUT2D eigenvalue weighted by atomic mass is 9.95. The smallest absolute Gasteiger partial charge is 0.274 e. The fourth-order valence-corrected chi connectivity index (χ4v) is 5.02. The summed E-state index contributed by atoms with van der Waals surface area (Å²) in [6.07, 6.45) is 7.47. The minimum atomic E-state index is -0.407. The molecule has 1 aliphatic rings. The number of nitrogens with zero attached hydrogens (tertiary/aromatic N) is 4. The van der Waals surface area contributed by atoms with E-state index in [0.29, 0.717) is 23.4 Å². The number of nitrogens with one attached hydrogen (secondary N) is 2. The average molecular weight is 483 g/mol. The van der Waals surface area contributed by atoms with Gasteiger partial charge in [-0.15, -0.1) is 10.2 Å². The number of imide groups is 1. The number of thioether (sulfide) groups is 1. The number of amides is 2. The zero-order valence-corrected chi connectivity index (χ0v) is 20.3. The molecule has 0 atom stereocenters. The number of rotatable bonds is 9. The quantitative estimate of drug-likeness (QED) is 0.447. The maximum Gasteiger partial charge on any atom is 0.274 e. The number of benzene rings is 1. The van der Waals surface area contributed by atoms with Gasteiger partial charge in [0, 0.05) is 31.0 Å². The van der Waals surface area contributed by atoms with Crippen LogP contribution in [0.2, 0.25) is 0 Å². The van der Waals surface area contributed by atoms with Gasteiger partial charge in [0.2, 0.25) is 5.91 Å². The van der Waals surface area contributed by atoms with Crippen molar-refractivity contribution >= 4 is 29.3 Å². The molecule has 2 amide bonds. The van der Waals surface area contributed by atoms with E-state index in [1.807, 2.05) is 24.3 Å². The van der Waals surface area contributed by atoms with Crippen LogP contribution in [0.5, 0.6) is 5.75 Å². The Kier molecular flexibility index (Phi) is 7.89. The fourth-order valence-electron chi connectivity index (χ4n) is 4.20. The number of carbonyl (C=O) groups is 2. The summed E-state index contributed by atoms with van der Waals surface area (Å²) in [5, 5.41) is 15.4. The molecule has 0 radical (unpaired) electrons. The van der Waals surface area contributed by atoms with Crippen molar-refractivity contribution in [2.24, 2.45) is 7.05 Å². The summed E-state index contributed by atoms with van der Waals surface area (Å²) in [6, 6.07) is 11.5. The number of hydrogen-bond acceptors (Lipinski definition) is 7. The van der Waals surface area contributed by atoms with E-state index in [0.717, 1.165) is 30.1 Å². The largest absolute Gasteiger partial charge is 0.497 e. The Hall–Kier alpha value is -3.27. The van der Waals surface area contributed by atoms with Crippen LogP contribution in [0.25, 0.3) is 0 Å². The van der Waals surface area contributed by atoms with Crippen LogP contribution >= 0.6 is 11.8 Å². The van der Waals surface area contributed by atoms with Crippen molar-refractivity contribution in [1.29, 1.82) is 0 Å². The molecule has 9 nitrogen and oxygen atoms in total. The third kappa shape index (κ3) is 5.80. The molecular weight excluding hydrogens is 452 g/mol. The Morgan fingerprint density at radius 2 is 1.97 bits per heavy atom. The highest BCUT2D eigenvalue weighted by molar-refractivity contribution is 7.99. The van der Waals surface area contributed by atoms with Gasteiger partial charge < -0.3 is 19.2 Å². The first-order chi connectivity index (χ1) is 16.5. The summed E-state index contributed by atoms with van der Waals surface area (Å²) in [5.41, 5.74) is 1.37. The maximum absolute atomic E-state index is 12.5. The summed E-state index contributed by atoms with van der Waals surface area (Å²) >= 11 is 1.31. The van der Waals surface area contributed by atoms with Crippen molar-refractivity contribution in [3.05, 3.63) is 54.1 Å². The fraction of sp³-hybridized carbons (Fsp3) is 0.417. The van der Waals surface area contributed by atoms with Gasteiger partial charge in [-0.3, -0.25) is 14.9 Å². The Labute approximate surface area is 203 Å². The van der Waals surface area contributed by atoms with E-state index in [-0.39, 0.29) is 11.7 Å². The Morgan fingerprint density at radius 1 is 1.15 bits per heavy atom. The molecule has 34 heavy (non-hydrogen) atoms. The SMILES string of the molecule is COc1cccc(NCc2nnc(SCC(=O)NC(=O)c3cccn3C)n2C2CCCCC2)c1. The molecule has 0 spiro atoms. The molecule has 10 heteroatoms. The standard InChI is InChI=1S/C24H30N6O3S/c1-29-13-7-12-20(29)23(32)26-22(31)16-34-24-28-27-21(30(24)18-9-4-3-5-10-18)15-25-17-8-6-11-19(14-17)33-2/h6-8,11-14,18,25H,3-5,9-10,15-16H2,1-2H3,(H,26,31,32). The van der Waals surface area contributed by atoms with Crippen molar-refractivity contribution in [2.45, 2.75) is 49.8 Å². The molecule has 0 aliphatic heterocycles. The molecule has 180 valence electrons. The first-order valence-electron chi connectivity index (χ1n) is 11.4. The van der Waals surface area contributed by atoms with Crippen LogP contribution in [0, 0.1) is 0 Å². The Balaban J connectivity index is 1.43. The molecule has 1 saturated carbocycles. The molecule has 4 rings (SSSR count). The second kappa shape index (κ2) is 11.2. The first-order valence-corrected chi connectivity index (χ1v) is 12.4. The van der Waals surface area contributed by atoms with Crippen molar-refractivity contribution in [2.75, 3.05) is 18.2 Å². The number of aromatic nitrogens is 4. The molecule has 0 saturated heterocycles. The van der Waals surface area contributed by atoms with E-state index >= 15 is 0 Å². The zero-order chi connectivity index (χ0) is 23.9. The van der Waals surface area contributed by atoms with Gasteiger partial charge in [-0.25, -0.2) is 0 Å². The third-order valence-corrected chi connectivity index (χ3v) is 6.90. The number of anilines is 1. The van der Waals surface area contributed by atoms with E-state index in [4.69, 9.17) is 4.74 Å². The highest BCUT2D eigenvalue weighted by Gasteiger charge is 2.24. The minimum absolute atomic E-state index is 0.0876. The molecule has 0 unspecified atom stereocenters. The van der Waals surface area contributed by atoms with Crippen molar-refractivity contribution in [3.8, 4) is 5.75 Å². The summed E-state index contributed by atoms with van der Waals surface area (Å²) in [6.45, 7) is 0.509. The van der Waals surface area contributed by atoms with Gasteiger partial charge in [0.15, 0.2) is 11.0 Å². The second-order valence-electron chi connectivity index (χ2n) is 8.32. The molecular formula is C24H30N6O3S. The number of carbonyl (C=O) groups excluding carboxylic acids is 2. The van der Waals surface area contributed by atoms with Crippen LogP contribution in [-0.2, 0) is 18.4 Å². The Morgan fingerprint density at radius 3 is 2.71 bits per heavy atom. The molecule has 1 fully saturated rings. The lowest BCUT2D eigenvalue weighted by Crippen LogP contribution is -2.33. The summed E-state index contributed by atoms with van der Waals surface area (Å²) < 4.78 is 9.15. The van der Waals surface area contributed by atoms with E-state index < -0.39 is 5.91 Å². The highest BCUT2D eigenvalue weighted by atomic mass is 32.2. The first kappa shape index (κ1) is 23.9. The minimum Gasteiger partial charge on any atom is -0.497 e. The molecule has 2 heterocycles. The number of ether oxygens (including phenoxy) is 1. The van der Waals surface area contributed by atoms with Crippen LogP contribution < -0.4 is 15.4 Å². The van der Waals surface area contributed by atoms with Gasteiger partial charge in [0.25, 0.3) is 5.91 Å². The predicted octanol–water partition coefficient (Wildman–Crippen LogP) is 3.79. The molecule has 3 aromatic rings. The van der Waals surface area contributed by atoms with E-state index in [1.165, 1.54) is 31.0 Å².